The molecule has 0 saturated carbocycles. The Morgan fingerprint density at radius 3 is 2.80 bits per heavy atom. The summed E-state index contributed by atoms with van der Waals surface area (Å²) in [4.78, 5) is 11.7. The van der Waals surface area contributed by atoms with E-state index in [0.29, 0.717) is 10.8 Å². The second-order valence-corrected chi connectivity index (χ2v) is 3.60. The van der Waals surface area contributed by atoms with Crippen molar-refractivity contribution in [3.8, 4) is 0 Å². The van der Waals surface area contributed by atoms with Gasteiger partial charge < -0.3 is 0 Å². The van der Waals surface area contributed by atoms with Gasteiger partial charge in [0.15, 0.2) is 5.78 Å². The molecule has 0 bridgehead atoms. The smallest absolute Gasteiger partial charge is 0.172 e. The Hall–Kier alpha value is -0.340. The third kappa shape index (κ3) is 1.58. The van der Waals surface area contributed by atoms with Crippen molar-refractivity contribution < 1.29 is 4.79 Å². The van der Waals surface area contributed by atoms with Crippen molar-refractivity contribution in [2.24, 2.45) is 0 Å². The molecule has 0 aromatic carbocycles. The average molecular weight is 175 g/mol. The molecule has 3 heteroatoms. The van der Waals surface area contributed by atoms with Crippen molar-refractivity contribution in [3.05, 3.63) is 21.3 Å². The molecule has 1 aromatic rings. The summed E-state index contributed by atoms with van der Waals surface area (Å²) in [6.07, 6.45) is 0.552. The molecule has 0 spiro atoms. The van der Waals surface area contributed by atoms with E-state index in [4.69, 9.17) is 11.6 Å². The van der Waals surface area contributed by atoms with E-state index in [1.165, 1.54) is 11.3 Å². The van der Waals surface area contributed by atoms with Gasteiger partial charge in [0, 0.05) is 6.42 Å². The van der Waals surface area contributed by atoms with E-state index in [2.05, 4.69) is 0 Å². The highest BCUT2D eigenvalue weighted by molar-refractivity contribution is 7.18. The maximum absolute atomic E-state index is 11.0. The van der Waals surface area contributed by atoms with Gasteiger partial charge in [-0.3, -0.25) is 4.79 Å². The van der Waals surface area contributed by atoms with Crippen LogP contribution in [0.3, 0.4) is 0 Å². The highest BCUT2D eigenvalue weighted by Gasteiger charge is 2.04. The number of ketones is 1. The number of hydrogen-bond donors (Lipinski definition) is 0. The Morgan fingerprint density at radius 1 is 1.70 bits per heavy atom. The molecule has 1 nitrogen and oxygen atoms in total. The van der Waals surface area contributed by atoms with Crippen molar-refractivity contribution in [1.29, 1.82) is 0 Å². The molecule has 0 N–H and O–H groups in total. The summed E-state index contributed by atoms with van der Waals surface area (Å²) in [7, 11) is 0. The van der Waals surface area contributed by atoms with Crippen molar-refractivity contribution in [1.82, 2.24) is 0 Å². The van der Waals surface area contributed by atoms with Gasteiger partial charge in [-0.15, -0.1) is 11.3 Å². The molecule has 0 aliphatic rings. The van der Waals surface area contributed by atoms with Crippen LogP contribution >= 0.6 is 22.9 Å². The predicted molar refractivity (Wildman–Crippen MR) is 44.0 cm³/mol. The standard InChI is InChI=1S/C7H7ClOS/c1-2-5(9)6-3-4-7(8)10-6/h3-4H,2H2,1H3. The molecule has 0 radical (unpaired) electrons. The second-order valence-electron chi connectivity index (χ2n) is 1.88. The molecule has 1 aromatic heterocycles. The van der Waals surface area contributed by atoms with Gasteiger partial charge in [-0.1, -0.05) is 18.5 Å². The normalized spacial score (nSPS) is 9.80. The summed E-state index contributed by atoms with van der Waals surface area (Å²) in [6.45, 7) is 1.84. The monoisotopic (exact) mass is 174 g/mol. The lowest BCUT2D eigenvalue weighted by Gasteiger charge is -1.86. The Kier molecular flexibility index (Phi) is 2.46. The lowest BCUT2D eigenvalue weighted by Crippen LogP contribution is -1.90. The number of thiophene rings is 1. The summed E-state index contributed by atoms with van der Waals surface area (Å²) in [5.74, 6) is 0.164. The largest absolute Gasteiger partial charge is 0.293 e. The second kappa shape index (κ2) is 3.17. The van der Waals surface area contributed by atoms with Crippen molar-refractivity contribution in [2.45, 2.75) is 13.3 Å². The average Bonchev–Trinajstić information content (AvgIpc) is 2.34. The van der Waals surface area contributed by atoms with Crippen LogP contribution in [0.5, 0.6) is 0 Å². The fourth-order valence-electron chi connectivity index (χ4n) is 0.638. The minimum Gasteiger partial charge on any atom is -0.293 e. The minimum absolute atomic E-state index is 0.164. The molecule has 0 aliphatic carbocycles. The molecular formula is C7H7ClOS. The Morgan fingerprint density at radius 2 is 2.40 bits per heavy atom. The van der Waals surface area contributed by atoms with E-state index >= 15 is 0 Å². The van der Waals surface area contributed by atoms with Crippen molar-refractivity contribution in [3.63, 3.8) is 0 Å². The van der Waals surface area contributed by atoms with Gasteiger partial charge in [0.2, 0.25) is 0 Å². The number of carbonyl (C=O) groups excluding carboxylic acids is 1. The summed E-state index contributed by atoms with van der Waals surface area (Å²) in [5, 5.41) is 0. The predicted octanol–water partition coefficient (Wildman–Crippen LogP) is 2.99. The van der Waals surface area contributed by atoms with Crippen LogP contribution in [0.4, 0.5) is 0 Å². The van der Waals surface area contributed by atoms with Crippen LogP contribution in [0.25, 0.3) is 0 Å². The van der Waals surface area contributed by atoms with Gasteiger partial charge in [-0.25, -0.2) is 0 Å². The Labute approximate surface area is 68.6 Å². The first-order valence-electron chi connectivity index (χ1n) is 3.02. The Bertz CT molecular complexity index is 242. The van der Waals surface area contributed by atoms with E-state index in [1.807, 2.05) is 6.92 Å². The molecule has 0 saturated heterocycles. The minimum atomic E-state index is 0.164. The molecule has 1 heterocycles. The summed E-state index contributed by atoms with van der Waals surface area (Å²) >= 11 is 6.96. The number of Topliss-reactive ketones (excluding diaryl/α,β-unsaturated/α-hetero) is 1. The van der Waals surface area contributed by atoms with Crippen molar-refractivity contribution >= 4 is 28.7 Å². The first-order chi connectivity index (χ1) is 4.74. The highest BCUT2D eigenvalue weighted by Crippen LogP contribution is 2.22. The van der Waals surface area contributed by atoms with Crippen LogP contribution in [-0.4, -0.2) is 5.78 Å². The Balaban J connectivity index is 2.85. The lowest BCUT2D eigenvalue weighted by atomic mass is 10.3. The molecule has 10 heavy (non-hydrogen) atoms. The van der Waals surface area contributed by atoms with Gasteiger partial charge in [-0.05, 0) is 12.1 Å². The quantitative estimate of drug-likeness (QED) is 0.630. The molecule has 0 amide bonds. The van der Waals surface area contributed by atoms with Crippen LogP contribution in [0.1, 0.15) is 23.0 Å². The van der Waals surface area contributed by atoms with Crippen LogP contribution in [-0.2, 0) is 0 Å². The number of carbonyl (C=O) groups is 1. The molecular weight excluding hydrogens is 168 g/mol. The van der Waals surface area contributed by atoms with E-state index in [0.717, 1.165) is 4.88 Å². The van der Waals surface area contributed by atoms with Crippen LogP contribution in [0, 0.1) is 0 Å². The zero-order chi connectivity index (χ0) is 7.56. The molecule has 0 unspecified atom stereocenters. The zero-order valence-corrected chi connectivity index (χ0v) is 7.13. The fourth-order valence-corrected chi connectivity index (χ4v) is 1.69. The molecule has 0 aliphatic heterocycles. The summed E-state index contributed by atoms with van der Waals surface area (Å²) in [5.41, 5.74) is 0. The van der Waals surface area contributed by atoms with E-state index in [1.54, 1.807) is 12.1 Å². The molecule has 0 atom stereocenters. The maximum atomic E-state index is 11.0. The summed E-state index contributed by atoms with van der Waals surface area (Å²) in [6, 6.07) is 3.51. The molecule has 54 valence electrons. The van der Waals surface area contributed by atoms with Crippen LogP contribution < -0.4 is 0 Å². The zero-order valence-electron chi connectivity index (χ0n) is 5.56. The SMILES string of the molecule is CCC(=O)c1ccc(Cl)s1. The fraction of sp³-hybridized carbons (Fsp3) is 0.286. The first kappa shape index (κ1) is 7.76. The summed E-state index contributed by atoms with van der Waals surface area (Å²) < 4.78 is 0.678. The maximum Gasteiger partial charge on any atom is 0.172 e. The topological polar surface area (TPSA) is 17.1 Å². The van der Waals surface area contributed by atoms with Gasteiger partial charge in [0.1, 0.15) is 0 Å². The van der Waals surface area contributed by atoms with E-state index < -0.39 is 0 Å². The van der Waals surface area contributed by atoms with Crippen LogP contribution in [0.15, 0.2) is 12.1 Å². The molecule has 1 rings (SSSR count). The van der Waals surface area contributed by atoms with Gasteiger partial charge in [0.05, 0.1) is 9.21 Å². The third-order valence-electron chi connectivity index (χ3n) is 1.17. The van der Waals surface area contributed by atoms with Gasteiger partial charge in [-0.2, -0.15) is 0 Å². The number of hydrogen-bond acceptors (Lipinski definition) is 2. The van der Waals surface area contributed by atoms with Gasteiger partial charge >= 0.3 is 0 Å². The van der Waals surface area contributed by atoms with Crippen molar-refractivity contribution in [2.75, 3.05) is 0 Å². The molecule has 0 fully saturated rings. The van der Waals surface area contributed by atoms with Crippen LogP contribution in [0.2, 0.25) is 4.34 Å². The van der Waals surface area contributed by atoms with E-state index in [9.17, 15) is 4.79 Å². The van der Waals surface area contributed by atoms with Gasteiger partial charge in [0.25, 0.3) is 0 Å². The third-order valence-corrected chi connectivity index (χ3v) is 2.44. The van der Waals surface area contributed by atoms with E-state index in [-0.39, 0.29) is 5.78 Å². The highest BCUT2D eigenvalue weighted by atomic mass is 35.5. The lowest BCUT2D eigenvalue weighted by molar-refractivity contribution is 0.0992. The first-order valence-corrected chi connectivity index (χ1v) is 4.22. The number of rotatable bonds is 2. The number of halogens is 1.